The third kappa shape index (κ3) is 5.37. The summed E-state index contributed by atoms with van der Waals surface area (Å²) in [5, 5.41) is 9.13. The Labute approximate surface area is 177 Å². The molecule has 156 valence electrons. The number of methoxy groups -OCH3 is 1. The summed E-state index contributed by atoms with van der Waals surface area (Å²) in [6, 6.07) is 15.4. The normalized spacial score (nSPS) is 10.6. The molecule has 3 N–H and O–H groups in total. The van der Waals surface area contributed by atoms with E-state index in [1.165, 1.54) is 11.8 Å². The molecular weight excluding hydrogens is 406 g/mol. The minimum atomic E-state index is -0.675. The predicted molar refractivity (Wildman–Crippen MR) is 112 cm³/mol. The molecule has 1 aromatic heterocycles. The molecule has 2 amide bonds. The number of hydrogen-bond acceptors (Lipinski definition) is 7. The Bertz CT molecular complexity index is 1020. The molecule has 0 aliphatic heterocycles. The van der Waals surface area contributed by atoms with Gasteiger partial charge in [-0.2, -0.15) is 0 Å². The van der Waals surface area contributed by atoms with Gasteiger partial charge in [0.2, 0.25) is 5.91 Å². The molecule has 0 aliphatic rings. The number of ether oxygens (including phenoxy) is 1. The fourth-order valence-electron chi connectivity index (χ4n) is 2.56. The molecule has 0 aliphatic carbocycles. The van der Waals surface area contributed by atoms with E-state index in [0.29, 0.717) is 11.0 Å². The van der Waals surface area contributed by atoms with E-state index in [1.54, 1.807) is 7.11 Å². The number of nitrogens with zero attached hydrogens (tertiary/aromatic N) is 3. The highest BCUT2D eigenvalue weighted by atomic mass is 32.2. The van der Waals surface area contributed by atoms with Crippen molar-refractivity contribution in [3.05, 3.63) is 54.1 Å². The van der Waals surface area contributed by atoms with Crippen LogP contribution in [0.1, 0.15) is 5.56 Å². The lowest BCUT2D eigenvalue weighted by molar-refractivity contribution is -0.135. The molecule has 0 unspecified atom stereocenters. The van der Waals surface area contributed by atoms with Crippen LogP contribution in [0.3, 0.4) is 0 Å². The molecule has 0 fully saturated rings. The van der Waals surface area contributed by atoms with Crippen LogP contribution in [0.5, 0.6) is 5.75 Å². The third-order valence-corrected chi connectivity index (χ3v) is 4.94. The average Bonchev–Trinajstić information content (AvgIpc) is 3.16. The number of carbonyl (C=O) groups excluding carboxylic acids is 2. The van der Waals surface area contributed by atoms with Crippen molar-refractivity contribution in [1.82, 2.24) is 20.2 Å². The first kappa shape index (κ1) is 21.3. The fourth-order valence-corrected chi connectivity index (χ4v) is 3.30. The van der Waals surface area contributed by atoms with Gasteiger partial charge in [-0.15, -0.1) is 10.2 Å². The Morgan fingerprint density at radius 2 is 1.80 bits per heavy atom. The quantitative estimate of drug-likeness (QED) is 0.395. The van der Waals surface area contributed by atoms with Crippen molar-refractivity contribution >= 4 is 23.6 Å². The monoisotopic (exact) mass is 427 g/mol. The number of nitrogens with two attached hydrogens (primary N) is 1. The highest BCUT2D eigenvalue weighted by Gasteiger charge is 2.17. The van der Waals surface area contributed by atoms with Gasteiger partial charge in [-0.25, -0.2) is 5.48 Å². The summed E-state index contributed by atoms with van der Waals surface area (Å²) >= 11 is 1.19. The number of hydroxylamine groups is 1. The fraction of sp³-hybridized carbons (Fsp3) is 0.200. The summed E-state index contributed by atoms with van der Waals surface area (Å²) in [5.74, 6) is 0.291. The molecule has 0 bridgehead atoms. The molecular formula is C20H21N5O4S. The van der Waals surface area contributed by atoms with Gasteiger partial charge in [0.1, 0.15) is 5.75 Å². The van der Waals surface area contributed by atoms with Gasteiger partial charge in [0, 0.05) is 11.3 Å². The van der Waals surface area contributed by atoms with E-state index in [4.69, 9.17) is 15.3 Å². The number of primary amides is 1. The number of hydrogen-bond donors (Lipinski definition) is 2. The van der Waals surface area contributed by atoms with Gasteiger partial charge in [-0.3, -0.25) is 19.0 Å². The van der Waals surface area contributed by atoms with Gasteiger partial charge in [0.15, 0.2) is 17.6 Å². The molecule has 2 aromatic carbocycles. The minimum Gasteiger partial charge on any atom is -0.497 e. The second-order valence-electron chi connectivity index (χ2n) is 6.27. The topological polar surface area (TPSA) is 121 Å². The molecule has 0 spiro atoms. The number of nitrogens with one attached hydrogen (secondary N) is 1. The van der Waals surface area contributed by atoms with Gasteiger partial charge >= 0.3 is 0 Å². The van der Waals surface area contributed by atoms with E-state index in [2.05, 4.69) is 15.7 Å². The summed E-state index contributed by atoms with van der Waals surface area (Å²) < 4.78 is 7.10. The Morgan fingerprint density at radius 3 is 2.43 bits per heavy atom. The van der Waals surface area contributed by atoms with Gasteiger partial charge in [0.05, 0.1) is 12.9 Å². The van der Waals surface area contributed by atoms with Crippen molar-refractivity contribution in [3.63, 3.8) is 0 Å². The van der Waals surface area contributed by atoms with Gasteiger partial charge in [0.25, 0.3) is 5.91 Å². The highest BCUT2D eigenvalue weighted by Crippen LogP contribution is 2.29. The first-order valence-electron chi connectivity index (χ1n) is 8.96. The van der Waals surface area contributed by atoms with Crippen molar-refractivity contribution in [3.8, 4) is 22.8 Å². The number of rotatable bonds is 9. The van der Waals surface area contributed by atoms with Gasteiger partial charge in [-0.1, -0.05) is 29.5 Å². The van der Waals surface area contributed by atoms with E-state index in [0.717, 1.165) is 22.6 Å². The second kappa shape index (κ2) is 9.90. The Hall–Kier alpha value is -3.37. The van der Waals surface area contributed by atoms with Crippen LogP contribution in [0.4, 0.5) is 0 Å². The molecule has 0 radical (unpaired) electrons. The maximum Gasteiger partial charge on any atom is 0.254 e. The largest absolute Gasteiger partial charge is 0.497 e. The Kier molecular flexibility index (Phi) is 7.04. The predicted octanol–water partition coefficient (Wildman–Crippen LogP) is 1.88. The molecule has 0 saturated heterocycles. The number of aryl methyl sites for hydroxylation is 1. The minimum absolute atomic E-state index is 0.0192. The summed E-state index contributed by atoms with van der Waals surface area (Å²) in [6.45, 7) is 1.62. The van der Waals surface area contributed by atoms with Crippen molar-refractivity contribution < 1.29 is 19.2 Å². The van der Waals surface area contributed by atoms with Crippen LogP contribution in [-0.2, 0) is 14.4 Å². The van der Waals surface area contributed by atoms with E-state index < -0.39 is 18.4 Å². The van der Waals surface area contributed by atoms with Crippen LogP contribution < -0.4 is 16.0 Å². The maximum absolute atomic E-state index is 12.0. The van der Waals surface area contributed by atoms with Crippen molar-refractivity contribution in [2.24, 2.45) is 5.73 Å². The first-order chi connectivity index (χ1) is 14.5. The third-order valence-electron chi connectivity index (χ3n) is 4.01. The zero-order chi connectivity index (χ0) is 21.5. The maximum atomic E-state index is 12.0. The number of aromatic nitrogens is 3. The summed E-state index contributed by atoms with van der Waals surface area (Å²) in [5.41, 5.74) is 9.98. The van der Waals surface area contributed by atoms with Crippen LogP contribution in [0.25, 0.3) is 17.1 Å². The van der Waals surface area contributed by atoms with Gasteiger partial charge < -0.3 is 10.5 Å². The Morgan fingerprint density at radius 1 is 1.10 bits per heavy atom. The van der Waals surface area contributed by atoms with Crippen LogP contribution in [-0.4, -0.2) is 46.0 Å². The highest BCUT2D eigenvalue weighted by molar-refractivity contribution is 7.99. The van der Waals surface area contributed by atoms with Crippen molar-refractivity contribution in [2.75, 3.05) is 19.5 Å². The number of benzene rings is 2. The van der Waals surface area contributed by atoms with Crippen LogP contribution in [0.2, 0.25) is 0 Å². The average molecular weight is 427 g/mol. The van der Waals surface area contributed by atoms with E-state index in [1.807, 2.05) is 60.0 Å². The molecule has 10 heteroatoms. The smallest absolute Gasteiger partial charge is 0.254 e. The first-order valence-corrected chi connectivity index (χ1v) is 9.95. The lowest BCUT2D eigenvalue weighted by atomic mass is 10.2. The standard InChI is InChI=1S/C20H21N5O4S/c1-13-3-7-15(8-4-13)25-19(14-5-9-16(28-2)10-6-14)22-23-20(25)30-12-18(27)24-29-11-17(21)26/h3-10H,11-12H2,1-2H3,(H2,21,26)(H,24,27). The molecule has 0 saturated carbocycles. The van der Waals surface area contributed by atoms with E-state index >= 15 is 0 Å². The molecule has 1 heterocycles. The van der Waals surface area contributed by atoms with E-state index in [9.17, 15) is 9.59 Å². The van der Waals surface area contributed by atoms with Crippen molar-refractivity contribution in [1.29, 1.82) is 0 Å². The van der Waals surface area contributed by atoms with Crippen LogP contribution in [0.15, 0.2) is 53.7 Å². The second-order valence-corrected chi connectivity index (χ2v) is 7.22. The molecule has 9 nitrogen and oxygen atoms in total. The number of amides is 2. The summed E-state index contributed by atoms with van der Waals surface area (Å²) in [7, 11) is 1.61. The lowest BCUT2D eigenvalue weighted by Gasteiger charge is -2.11. The Balaban J connectivity index is 1.85. The van der Waals surface area contributed by atoms with Crippen LogP contribution in [0, 0.1) is 6.92 Å². The molecule has 3 rings (SSSR count). The molecule has 0 atom stereocenters. The molecule has 30 heavy (non-hydrogen) atoms. The van der Waals surface area contributed by atoms with Crippen LogP contribution >= 0.6 is 11.8 Å². The summed E-state index contributed by atoms with van der Waals surface area (Å²) in [4.78, 5) is 27.4. The van der Waals surface area contributed by atoms with E-state index in [-0.39, 0.29) is 5.75 Å². The zero-order valence-electron chi connectivity index (χ0n) is 16.5. The van der Waals surface area contributed by atoms with Gasteiger partial charge in [-0.05, 0) is 43.3 Å². The lowest BCUT2D eigenvalue weighted by Crippen LogP contribution is -2.30. The number of carbonyl (C=O) groups is 2. The SMILES string of the molecule is COc1ccc(-c2nnc(SCC(=O)NOCC(N)=O)n2-c2ccc(C)cc2)cc1. The zero-order valence-corrected chi connectivity index (χ0v) is 17.3. The van der Waals surface area contributed by atoms with Crippen molar-refractivity contribution in [2.45, 2.75) is 12.1 Å². The number of thioether (sulfide) groups is 1. The summed E-state index contributed by atoms with van der Waals surface area (Å²) in [6.07, 6.45) is 0. The molecule has 3 aromatic rings.